The number of rotatable bonds is 2. The van der Waals surface area contributed by atoms with Crippen LogP contribution in [0.1, 0.15) is 17.4 Å². The van der Waals surface area contributed by atoms with Gasteiger partial charge in [0.2, 0.25) is 0 Å². The molecule has 0 saturated carbocycles. The standard InChI is InChI=1S/C14H13N3O/c1-17-9-11(8-16-17)14(18)13-12-5-3-2-4-10(12)6-7-15-13/h2-9,14,18H,1H3. The van der Waals surface area contributed by atoms with Gasteiger partial charge in [0.15, 0.2) is 0 Å². The first-order valence-electron chi connectivity index (χ1n) is 5.76. The van der Waals surface area contributed by atoms with Gasteiger partial charge in [-0.15, -0.1) is 0 Å². The lowest BCUT2D eigenvalue weighted by molar-refractivity contribution is 0.217. The minimum atomic E-state index is -0.746. The van der Waals surface area contributed by atoms with E-state index in [1.54, 1.807) is 23.3 Å². The van der Waals surface area contributed by atoms with Crippen molar-refractivity contribution >= 4 is 10.8 Å². The molecular formula is C14H13N3O. The molecule has 4 heteroatoms. The van der Waals surface area contributed by atoms with Crippen molar-refractivity contribution in [2.75, 3.05) is 0 Å². The minimum Gasteiger partial charge on any atom is -0.382 e. The summed E-state index contributed by atoms with van der Waals surface area (Å²) in [4.78, 5) is 4.31. The normalized spacial score (nSPS) is 12.8. The van der Waals surface area contributed by atoms with E-state index in [1.165, 1.54) is 0 Å². The molecule has 1 aromatic carbocycles. The summed E-state index contributed by atoms with van der Waals surface area (Å²) in [5.74, 6) is 0. The molecular weight excluding hydrogens is 226 g/mol. The molecule has 2 aromatic heterocycles. The van der Waals surface area contributed by atoms with Crippen molar-refractivity contribution in [2.24, 2.45) is 7.05 Å². The van der Waals surface area contributed by atoms with Crippen LogP contribution in [0.2, 0.25) is 0 Å². The number of benzene rings is 1. The summed E-state index contributed by atoms with van der Waals surface area (Å²) in [5.41, 5.74) is 1.42. The summed E-state index contributed by atoms with van der Waals surface area (Å²) in [6.07, 6.45) is 4.43. The van der Waals surface area contributed by atoms with Crippen LogP contribution in [0, 0.1) is 0 Å². The molecule has 1 unspecified atom stereocenters. The van der Waals surface area contributed by atoms with Gasteiger partial charge in [-0.3, -0.25) is 9.67 Å². The van der Waals surface area contributed by atoms with E-state index >= 15 is 0 Å². The molecule has 90 valence electrons. The Hall–Kier alpha value is -2.20. The monoisotopic (exact) mass is 239 g/mol. The third kappa shape index (κ3) is 1.76. The van der Waals surface area contributed by atoms with Crippen LogP contribution in [0.15, 0.2) is 48.9 Å². The molecule has 0 radical (unpaired) electrons. The van der Waals surface area contributed by atoms with Gasteiger partial charge in [-0.2, -0.15) is 5.10 Å². The van der Waals surface area contributed by atoms with Crippen molar-refractivity contribution in [1.29, 1.82) is 0 Å². The van der Waals surface area contributed by atoms with Gasteiger partial charge in [-0.05, 0) is 11.5 Å². The molecule has 18 heavy (non-hydrogen) atoms. The predicted octanol–water partition coefficient (Wildman–Crippen LogP) is 2.05. The smallest absolute Gasteiger partial charge is 0.125 e. The molecule has 0 saturated heterocycles. The van der Waals surface area contributed by atoms with Crippen LogP contribution >= 0.6 is 0 Å². The fourth-order valence-corrected chi connectivity index (χ4v) is 2.10. The second kappa shape index (κ2) is 4.23. The molecule has 2 heterocycles. The van der Waals surface area contributed by atoms with Gasteiger partial charge in [0.05, 0.1) is 11.9 Å². The van der Waals surface area contributed by atoms with E-state index < -0.39 is 6.10 Å². The van der Waals surface area contributed by atoms with Gasteiger partial charge in [0.25, 0.3) is 0 Å². The van der Waals surface area contributed by atoms with E-state index in [0.717, 1.165) is 16.3 Å². The average Bonchev–Trinajstić information content (AvgIpc) is 2.84. The zero-order valence-corrected chi connectivity index (χ0v) is 9.99. The Bertz CT molecular complexity index is 685. The van der Waals surface area contributed by atoms with E-state index in [1.807, 2.05) is 37.4 Å². The van der Waals surface area contributed by atoms with Gasteiger partial charge >= 0.3 is 0 Å². The first-order valence-corrected chi connectivity index (χ1v) is 5.76. The summed E-state index contributed by atoms with van der Waals surface area (Å²) < 4.78 is 1.67. The van der Waals surface area contributed by atoms with Crippen LogP contribution in [0.3, 0.4) is 0 Å². The van der Waals surface area contributed by atoms with Gasteiger partial charge in [0, 0.05) is 30.4 Å². The first kappa shape index (κ1) is 10.9. The molecule has 3 aromatic rings. The van der Waals surface area contributed by atoms with E-state index in [-0.39, 0.29) is 0 Å². The third-order valence-electron chi connectivity index (χ3n) is 3.00. The lowest BCUT2D eigenvalue weighted by Gasteiger charge is -2.10. The second-order valence-electron chi connectivity index (χ2n) is 4.27. The van der Waals surface area contributed by atoms with Crippen molar-refractivity contribution < 1.29 is 5.11 Å². The van der Waals surface area contributed by atoms with Crippen molar-refractivity contribution in [1.82, 2.24) is 14.8 Å². The number of pyridine rings is 1. The second-order valence-corrected chi connectivity index (χ2v) is 4.27. The average molecular weight is 239 g/mol. The highest BCUT2D eigenvalue weighted by Crippen LogP contribution is 2.26. The number of aliphatic hydroxyl groups excluding tert-OH is 1. The highest BCUT2D eigenvalue weighted by atomic mass is 16.3. The Labute approximate surface area is 105 Å². The van der Waals surface area contributed by atoms with Crippen molar-refractivity contribution in [3.8, 4) is 0 Å². The van der Waals surface area contributed by atoms with Crippen molar-refractivity contribution in [2.45, 2.75) is 6.10 Å². The molecule has 0 amide bonds. The largest absolute Gasteiger partial charge is 0.382 e. The van der Waals surface area contributed by atoms with Crippen LogP contribution < -0.4 is 0 Å². The molecule has 0 aliphatic rings. The number of aliphatic hydroxyl groups is 1. The lowest BCUT2D eigenvalue weighted by atomic mass is 10.0. The van der Waals surface area contributed by atoms with Gasteiger partial charge in [0.1, 0.15) is 6.10 Å². The minimum absolute atomic E-state index is 0.668. The number of nitrogens with zero attached hydrogens (tertiary/aromatic N) is 3. The first-order chi connectivity index (χ1) is 8.75. The highest BCUT2D eigenvalue weighted by Gasteiger charge is 2.16. The highest BCUT2D eigenvalue weighted by molar-refractivity contribution is 5.84. The Morgan fingerprint density at radius 3 is 2.83 bits per heavy atom. The number of hydrogen-bond acceptors (Lipinski definition) is 3. The van der Waals surface area contributed by atoms with Gasteiger partial charge in [-0.1, -0.05) is 24.3 Å². The number of hydrogen-bond donors (Lipinski definition) is 1. The Morgan fingerprint density at radius 1 is 1.22 bits per heavy atom. The van der Waals surface area contributed by atoms with Crippen LogP contribution in [0.5, 0.6) is 0 Å². The molecule has 0 aliphatic carbocycles. The Morgan fingerprint density at radius 2 is 2.06 bits per heavy atom. The van der Waals surface area contributed by atoms with Gasteiger partial charge < -0.3 is 5.11 Å². The quantitative estimate of drug-likeness (QED) is 0.744. The van der Waals surface area contributed by atoms with Crippen LogP contribution in [0.4, 0.5) is 0 Å². The molecule has 4 nitrogen and oxygen atoms in total. The lowest BCUT2D eigenvalue weighted by Crippen LogP contribution is -2.02. The topological polar surface area (TPSA) is 50.9 Å². The fourth-order valence-electron chi connectivity index (χ4n) is 2.10. The molecule has 0 aliphatic heterocycles. The van der Waals surface area contributed by atoms with Crippen molar-refractivity contribution in [3.63, 3.8) is 0 Å². The van der Waals surface area contributed by atoms with Gasteiger partial charge in [-0.25, -0.2) is 0 Å². The summed E-state index contributed by atoms with van der Waals surface area (Å²) in [6.45, 7) is 0. The predicted molar refractivity (Wildman–Crippen MR) is 69.0 cm³/mol. The zero-order chi connectivity index (χ0) is 12.5. The summed E-state index contributed by atoms with van der Waals surface area (Å²) >= 11 is 0. The molecule has 0 bridgehead atoms. The number of aryl methyl sites for hydroxylation is 1. The SMILES string of the molecule is Cn1cc(C(O)c2nccc3ccccc23)cn1. The molecule has 0 fully saturated rings. The molecule has 0 spiro atoms. The maximum absolute atomic E-state index is 10.4. The maximum atomic E-state index is 10.4. The Kier molecular flexibility index (Phi) is 2.57. The summed E-state index contributed by atoms with van der Waals surface area (Å²) in [7, 11) is 1.83. The van der Waals surface area contributed by atoms with E-state index in [4.69, 9.17) is 0 Å². The third-order valence-corrected chi connectivity index (χ3v) is 3.00. The number of aromatic nitrogens is 3. The van der Waals surface area contributed by atoms with Crippen LogP contribution in [0.25, 0.3) is 10.8 Å². The van der Waals surface area contributed by atoms with E-state index in [2.05, 4.69) is 10.1 Å². The summed E-state index contributed by atoms with van der Waals surface area (Å²) in [6, 6.07) is 9.84. The summed E-state index contributed by atoms with van der Waals surface area (Å²) in [5, 5.41) is 16.5. The number of fused-ring (bicyclic) bond motifs is 1. The van der Waals surface area contributed by atoms with E-state index in [9.17, 15) is 5.11 Å². The molecule has 1 N–H and O–H groups in total. The zero-order valence-electron chi connectivity index (χ0n) is 9.99. The van der Waals surface area contributed by atoms with Crippen molar-refractivity contribution in [3.05, 3.63) is 60.2 Å². The van der Waals surface area contributed by atoms with Crippen LogP contribution in [-0.2, 0) is 7.05 Å². The Balaban J connectivity index is 2.14. The van der Waals surface area contributed by atoms with Crippen LogP contribution in [-0.4, -0.2) is 19.9 Å². The fraction of sp³-hybridized carbons (Fsp3) is 0.143. The molecule has 3 rings (SSSR count). The maximum Gasteiger partial charge on any atom is 0.125 e. The van der Waals surface area contributed by atoms with E-state index in [0.29, 0.717) is 5.69 Å². The molecule has 1 atom stereocenters.